The van der Waals surface area contributed by atoms with E-state index in [1.807, 2.05) is 12.1 Å². The van der Waals surface area contributed by atoms with E-state index in [4.69, 9.17) is 11.6 Å². The summed E-state index contributed by atoms with van der Waals surface area (Å²) in [4.78, 5) is 0. The highest BCUT2D eigenvalue weighted by molar-refractivity contribution is 9.10. The predicted octanol–water partition coefficient (Wildman–Crippen LogP) is 4.19. The molecule has 0 atom stereocenters. The van der Waals surface area contributed by atoms with Crippen molar-refractivity contribution in [1.29, 1.82) is 0 Å². The van der Waals surface area contributed by atoms with Crippen molar-refractivity contribution in [2.45, 2.75) is 11.8 Å². The fourth-order valence-corrected chi connectivity index (χ4v) is 3.30. The van der Waals surface area contributed by atoms with Crippen molar-refractivity contribution in [1.82, 2.24) is 5.32 Å². The SMILES string of the molecule is Clc1cccc(C2(Cc3ccccc3Br)CNC2)c1. The Morgan fingerprint density at radius 2 is 1.89 bits per heavy atom. The van der Waals surface area contributed by atoms with E-state index in [1.54, 1.807) is 0 Å². The van der Waals surface area contributed by atoms with Gasteiger partial charge in [-0.05, 0) is 35.7 Å². The van der Waals surface area contributed by atoms with Crippen LogP contribution in [0.15, 0.2) is 53.0 Å². The van der Waals surface area contributed by atoms with Gasteiger partial charge in [-0.25, -0.2) is 0 Å². The molecule has 1 heterocycles. The fraction of sp³-hybridized carbons (Fsp3) is 0.250. The van der Waals surface area contributed by atoms with E-state index in [0.717, 1.165) is 24.5 Å². The molecule has 3 heteroatoms. The Kier molecular flexibility index (Phi) is 3.66. The zero-order valence-corrected chi connectivity index (χ0v) is 12.8. The molecule has 1 nitrogen and oxygen atoms in total. The minimum Gasteiger partial charge on any atom is -0.315 e. The first kappa shape index (κ1) is 13.2. The first-order valence-corrected chi connectivity index (χ1v) is 7.57. The second kappa shape index (κ2) is 5.28. The average Bonchev–Trinajstić information content (AvgIpc) is 2.36. The van der Waals surface area contributed by atoms with Crippen molar-refractivity contribution in [2.75, 3.05) is 13.1 Å². The van der Waals surface area contributed by atoms with Crippen LogP contribution in [0.4, 0.5) is 0 Å². The molecule has 0 radical (unpaired) electrons. The van der Waals surface area contributed by atoms with Gasteiger partial charge < -0.3 is 5.32 Å². The molecule has 2 aromatic carbocycles. The third kappa shape index (κ3) is 2.58. The number of rotatable bonds is 3. The summed E-state index contributed by atoms with van der Waals surface area (Å²) in [7, 11) is 0. The van der Waals surface area contributed by atoms with E-state index < -0.39 is 0 Å². The van der Waals surface area contributed by atoms with E-state index >= 15 is 0 Å². The highest BCUT2D eigenvalue weighted by Crippen LogP contribution is 2.35. The molecule has 0 unspecified atom stereocenters. The van der Waals surface area contributed by atoms with Crippen molar-refractivity contribution in [3.05, 3.63) is 69.2 Å². The number of halogens is 2. The molecule has 1 aliphatic rings. The standard InChI is InChI=1S/C16H15BrClN/c17-15-7-2-1-4-12(15)9-16(10-19-11-16)13-5-3-6-14(18)8-13/h1-8,19H,9-11H2. The largest absolute Gasteiger partial charge is 0.315 e. The van der Waals surface area contributed by atoms with Crippen LogP contribution >= 0.6 is 27.5 Å². The van der Waals surface area contributed by atoms with Gasteiger partial charge in [0.2, 0.25) is 0 Å². The van der Waals surface area contributed by atoms with Crippen LogP contribution in [-0.2, 0) is 11.8 Å². The topological polar surface area (TPSA) is 12.0 Å². The normalized spacial score (nSPS) is 16.9. The molecule has 0 amide bonds. The summed E-state index contributed by atoms with van der Waals surface area (Å²) in [6.07, 6.45) is 1.03. The van der Waals surface area contributed by atoms with Crippen molar-refractivity contribution < 1.29 is 0 Å². The van der Waals surface area contributed by atoms with Crippen molar-refractivity contribution in [3.8, 4) is 0 Å². The highest BCUT2D eigenvalue weighted by atomic mass is 79.9. The number of benzene rings is 2. The van der Waals surface area contributed by atoms with Crippen LogP contribution < -0.4 is 5.32 Å². The first-order chi connectivity index (χ1) is 9.20. The molecule has 3 rings (SSSR count). The number of hydrogen-bond donors (Lipinski definition) is 1. The first-order valence-electron chi connectivity index (χ1n) is 6.40. The second-order valence-electron chi connectivity index (χ2n) is 5.16. The zero-order valence-electron chi connectivity index (χ0n) is 10.5. The Morgan fingerprint density at radius 1 is 1.11 bits per heavy atom. The molecule has 0 aromatic heterocycles. The summed E-state index contributed by atoms with van der Waals surface area (Å²) in [5.41, 5.74) is 2.85. The van der Waals surface area contributed by atoms with Crippen molar-refractivity contribution in [3.63, 3.8) is 0 Å². The molecule has 2 aromatic rings. The Labute approximate surface area is 127 Å². The maximum atomic E-state index is 6.14. The lowest BCUT2D eigenvalue weighted by molar-refractivity contribution is 0.274. The van der Waals surface area contributed by atoms with Gasteiger partial charge in [0.15, 0.2) is 0 Å². The Balaban J connectivity index is 1.94. The lowest BCUT2D eigenvalue weighted by Gasteiger charge is -2.43. The van der Waals surface area contributed by atoms with Crippen molar-refractivity contribution >= 4 is 27.5 Å². The number of hydrogen-bond acceptors (Lipinski definition) is 1. The average molecular weight is 337 g/mol. The molecule has 1 aliphatic heterocycles. The molecule has 0 bridgehead atoms. The maximum absolute atomic E-state index is 6.14. The quantitative estimate of drug-likeness (QED) is 0.886. The van der Waals surface area contributed by atoms with Crippen molar-refractivity contribution in [2.24, 2.45) is 0 Å². The molecule has 0 spiro atoms. The fourth-order valence-electron chi connectivity index (χ4n) is 2.68. The molecule has 19 heavy (non-hydrogen) atoms. The van der Waals surface area contributed by atoms with Gasteiger partial charge in [-0.15, -0.1) is 0 Å². The smallest absolute Gasteiger partial charge is 0.0408 e. The van der Waals surface area contributed by atoms with Gasteiger partial charge in [-0.1, -0.05) is 57.9 Å². The lowest BCUT2D eigenvalue weighted by atomic mass is 9.71. The molecule has 98 valence electrons. The lowest BCUT2D eigenvalue weighted by Crippen LogP contribution is -2.58. The van der Waals surface area contributed by atoms with E-state index in [1.165, 1.54) is 15.6 Å². The Hall–Kier alpha value is -0.830. The predicted molar refractivity (Wildman–Crippen MR) is 83.8 cm³/mol. The molecule has 0 aliphatic carbocycles. The second-order valence-corrected chi connectivity index (χ2v) is 6.45. The molecule has 0 saturated carbocycles. The van der Waals surface area contributed by atoms with E-state index in [9.17, 15) is 0 Å². The molecular formula is C16H15BrClN. The monoisotopic (exact) mass is 335 g/mol. The van der Waals surface area contributed by atoms with Gasteiger partial charge in [0, 0.05) is 28.0 Å². The molecule has 1 saturated heterocycles. The van der Waals surface area contributed by atoms with Gasteiger partial charge in [0.25, 0.3) is 0 Å². The highest BCUT2D eigenvalue weighted by Gasteiger charge is 2.39. The van der Waals surface area contributed by atoms with Crippen LogP contribution in [0.5, 0.6) is 0 Å². The maximum Gasteiger partial charge on any atom is 0.0408 e. The van der Waals surface area contributed by atoms with Crippen LogP contribution in [0.3, 0.4) is 0 Å². The third-order valence-corrected chi connectivity index (χ3v) is 4.86. The van der Waals surface area contributed by atoms with E-state index in [-0.39, 0.29) is 5.41 Å². The minimum atomic E-state index is 0.175. The van der Waals surface area contributed by atoms with Gasteiger partial charge >= 0.3 is 0 Å². The van der Waals surface area contributed by atoms with E-state index in [2.05, 4.69) is 57.6 Å². The summed E-state index contributed by atoms with van der Waals surface area (Å²) in [5.74, 6) is 0. The molecule has 1 N–H and O–H groups in total. The van der Waals surface area contributed by atoms with E-state index in [0.29, 0.717) is 0 Å². The van der Waals surface area contributed by atoms with Gasteiger partial charge in [0.05, 0.1) is 0 Å². The van der Waals surface area contributed by atoms with Crippen LogP contribution in [-0.4, -0.2) is 13.1 Å². The Morgan fingerprint density at radius 3 is 2.53 bits per heavy atom. The van der Waals surface area contributed by atoms with Crippen LogP contribution in [0.25, 0.3) is 0 Å². The molecular weight excluding hydrogens is 322 g/mol. The van der Waals surface area contributed by atoms with Gasteiger partial charge in [-0.2, -0.15) is 0 Å². The zero-order chi connectivity index (χ0) is 13.3. The van der Waals surface area contributed by atoms with Crippen LogP contribution in [0.1, 0.15) is 11.1 Å². The summed E-state index contributed by atoms with van der Waals surface area (Å²) in [6, 6.07) is 16.7. The van der Waals surface area contributed by atoms with Gasteiger partial charge in [-0.3, -0.25) is 0 Å². The summed E-state index contributed by atoms with van der Waals surface area (Å²) >= 11 is 9.78. The third-order valence-electron chi connectivity index (χ3n) is 3.85. The summed E-state index contributed by atoms with van der Waals surface area (Å²) < 4.78 is 1.18. The van der Waals surface area contributed by atoms with Crippen LogP contribution in [0.2, 0.25) is 5.02 Å². The van der Waals surface area contributed by atoms with Crippen LogP contribution in [0, 0.1) is 0 Å². The summed E-state index contributed by atoms with van der Waals surface area (Å²) in [6.45, 7) is 2.02. The molecule has 1 fully saturated rings. The van der Waals surface area contributed by atoms with Gasteiger partial charge in [0.1, 0.15) is 0 Å². The minimum absolute atomic E-state index is 0.175. The Bertz CT molecular complexity index is 593. The number of nitrogens with one attached hydrogen (secondary N) is 1. The summed E-state index contributed by atoms with van der Waals surface area (Å²) in [5, 5.41) is 4.22.